The van der Waals surface area contributed by atoms with E-state index in [0.29, 0.717) is 5.46 Å². The highest BCUT2D eigenvalue weighted by Crippen LogP contribution is 2.11. The molecule has 0 aliphatic rings. The van der Waals surface area contributed by atoms with E-state index in [1.165, 1.54) is 134 Å². The first-order chi connectivity index (χ1) is 19.1. The second-order valence-electron chi connectivity index (χ2n) is 11.2. The van der Waals surface area contributed by atoms with Crippen LogP contribution in [0.15, 0.2) is 24.3 Å². The van der Waals surface area contributed by atoms with Crippen molar-refractivity contribution in [2.24, 2.45) is 0 Å². The fourth-order valence-electron chi connectivity index (χ4n) is 4.55. The highest BCUT2D eigenvalue weighted by molar-refractivity contribution is 6.55. The van der Waals surface area contributed by atoms with Crippen LogP contribution in [-0.2, 0) is 6.42 Å². The zero-order valence-corrected chi connectivity index (χ0v) is 26.8. The van der Waals surface area contributed by atoms with Crippen molar-refractivity contribution in [2.45, 2.75) is 168 Å². The lowest BCUT2D eigenvalue weighted by atomic mass is 9.80. The molecule has 230 valence electrons. The Morgan fingerprint density at radius 2 is 0.769 bits per heavy atom. The molecule has 0 fully saturated rings. The molecule has 0 aliphatic carbocycles. The first-order valence-electron chi connectivity index (χ1n) is 17.1. The summed E-state index contributed by atoms with van der Waals surface area (Å²) in [5, 5.41) is 21.0. The third-order valence-electron chi connectivity index (χ3n) is 7.28. The monoisotopic (exact) mass is 549 g/mol. The van der Waals surface area contributed by atoms with Gasteiger partial charge in [0.05, 0.1) is 13.1 Å². The molecular formula is C34H69BN2O2. The van der Waals surface area contributed by atoms with Gasteiger partial charge in [-0.3, -0.25) is 0 Å². The zero-order valence-electron chi connectivity index (χ0n) is 26.8. The smallest absolute Gasteiger partial charge is 0.0739 e. The van der Waals surface area contributed by atoms with Gasteiger partial charge in [0.2, 0.25) is 0 Å². The van der Waals surface area contributed by atoms with Crippen molar-refractivity contribution in [3.63, 3.8) is 0 Å². The number of hydrogen-bond donors (Lipinski definition) is 2. The van der Waals surface area contributed by atoms with Crippen molar-refractivity contribution in [3.05, 3.63) is 29.8 Å². The number of benzene rings is 1. The van der Waals surface area contributed by atoms with E-state index < -0.39 is 7.12 Å². The summed E-state index contributed by atoms with van der Waals surface area (Å²) in [6, 6.07) is 7.01. The van der Waals surface area contributed by atoms with Crippen LogP contribution >= 0.6 is 0 Å². The summed E-state index contributed by atoms with van der Waals surface area (Å²) < 4.78 is 0. The van der Waals surface area contributed by atoms with E-state index in [-0.39, 0.29) is 0 Å². The number of quaternary nitrogens is 2. The average Bonchev–Trinajstić information content (AvgIpc) is 2.95. The molecule has 0 aromatic heterocycles. The quantitative estimate of drug-likeness (QED) is 0.127. The SMILES string of the molecule is CCCCCCCCCCCC[NH3+].CCCCCCCCCCCC[NH3+].CCCCc1ccc(B([O-])[O-])cc1. The third-order valence-corrected chi connectivity index (χ3v) is 7.28. The Bertz CT molecular complexity index is 513. The maximum Gasteiger partial charge on any atom is 0.0739 e. The molecule has 5 heteroatoms. The number of aryl methyl sites for hydroxylation is 1. The minimum atomic E-state index is -1.85. The minimum absolute atomic E-state index is 0.334. The van der Waals surface area contributed by atoms with Crippen molar-refractivity contribution in [2.75, 3.05) is 13.1 Å². The van der Waals surface area contributed by atoms with Gasteiger partial charge in [-0.05, 0) is 44.1 Å². The minimum Gasteiger partial charge on any atom is -0.889 e. The lowest BCUT2D eigenvalue weighted by Gasteiger charge is -2.26. The average molecular weight is 549 g/mol. The van der Waals surface area contributed by atoms with E-state index in [0.717, 1.165) is 32.4 Å². The van der Waals surface area contributed by atoms with Gasteiger partial charge in [0.15, 0.2) is 0 Å². The second kappa shape index (κ2) is 35.2. The normalized spacial score (nSPS) is 10.4. The first-order valence-corrected chi connectivity index (χ1v) is 17.1. The van der Waals surface area contributed by atoms with Crippen molar-refractivity contribution >= 4 is 12.6 Å². The maximum absolute atomic E-state index is 10.5. The zero-order chi connectivity index (χ0) is 29.2. The lowest BCUT2D eigenvalue weighted by molar-refractivity contribution is -0.368. The highest BCUT2D eigenvalue weighted by atomic mass is 16.4. The summed E-state index contributed by atoms with van der Waals surface area (Å²) in [6.07, 6.45) is 31.8. The van der Waals surface area contributed by atoms with Crippen LogP contribution < -0.4 is 27.0 Å². The summed E-state index contributed by atoms with van der Waals surface area (Å²) in [5.41, 5.74) is 9.24. The van der Waals surface area contributed by atoms with Crippen LogP contribution in [-0.4, -0.2) is 20.2 Å². The van der Waals surface area contributed by atoms with Crippen molar-refractivity contribution < 1.29 is 21.5 Å². The van der Waals surface area contributed by atoms with Crippen LogP contribution in [0.4, 0.5) is 0 Å². The molecule has 0 atom stereocenters. The van der Waals surface area contributed by atoms with E-state index in [1.54, 1.807) is 12.1 Å². The molecule has 0 unspecified atom stereocenters. The third kappa shape index (κ3) is 33.2. The summed E-state index contributed by atoms with van der Waals surface area (Å²) in [5.74, 6) is 0. The Kier molecular flexibility index (Phi) is 36.3. The van der Waals surface area contributed by atoms with E-state index >= 15 is 0 Å². The molecule has 0 saturated heterocycles. The van der Waals surface area contributed by atoms with Gasteiger partial charge < -0.3 is 21.5 Å². The Hall–Kier alpha value is -0.875. The van der Waals surface area contributed by atoms with Crippen LogP contribution in [0, 0.1) is 0 Å². The lowest BCUT2D eigenvalue weighted by Crippen LogP contribution is -2.55. The molecule has 0 radical (unpaired) electrons. The Labute approximate surface area is 245 Å². The van der Waals surface area contributed by atoms with Gasteiger partial charge in [-0.2, -0.15) is 0 Å². The Morgan fingerprint density at radius 1 is 0.462 bits per heavy atom. The van der Waals surface area contributed by atoms with Gasteiger partial charge in [-0.15, -0.1) is 5.46 Å². The van der Waals surface area contributed by atoms with Crippen molar-refractivity contribution in [1.29, 1.82) is 0 Å². The summed E-state index contributed by atoms with van der Waals surface area (Å²) in [4.78, 5) is 0. The largest absolute Gasteiger partial charge is 0.889 e. The summed E-state index contributed by atoms with van der Waals surface area (Å²) in [6.45, 7) is 8.93. The van der Waals surface area contributed by atoms with Crippen LogP contribution in [0.25, 0.3) is 0 Å². The molecule has 1 aromatic carbocycles. The van der Waals surface area contributed by atoms with Crippen LogP contribution in [0.2, 0.25) is 0 Å². The maximum atomic E-state index is 10.5. The van der Waals surface area contributed by atoms with Crippen molar-refractivity contribution in [3.8, 4) is 0 Å². The van der Waals surface area contributed by atoms with E-state index in [4.69, 9.17) is 0 Å². The number of hydrogen-bond acceptors (Lipinski definition) is 2. The fourth-order valence-corrected chi connectivity index (χ4v) is 4.55. The van der Waals surface area contributed by atoms with Gasteiger partial charge in [0, 0.05) is 0 Å². The molecule has 0 amide bonds. The molecular weight excluding hydrogens is 479 g/mol. The number of rotatable bonds is 24. The summed E-state index contributed by atoms with van der Waals surface area (Å²) >= 11 is 0. The van der Waals surface area contributed by atoms with Crippen LogP contribution in [0.1, 0.15) is 168 Å². The van der Waals surface area contributed by atoms with Gasteiger partial charge in [0.1, 0.15) is 0 Å². The Balaban J connectivity index is 0. The molecule has 0 heterocycles. The van der Waals surface area contributed by atoms with Gasteiger partial charge in [-0.1, -0.05) is 161 Å². The molecule has 1 aromatic rings. The fraction of sp³-hybridized carbons (Fsp3) is 0.824. The van der Waals surface area contributed by atoms with Crippen LogP contribution in [0.5, 0.6) is 0 Å². The van der Waals surface area contributed by atoms with E-state index in [9.17, 15) is 10.0 Å². The molecule has 6 N–H and O–H groups in total. The Morgan fingerprint density at radius 3 is 1.05 bits per heavy atom. The summed E-state index contributed by atoms with van der Waals surface area (Å²) in [7, 11) is -1.85. The van der Waals surface area contributed by atoms with Crippen LogP contribution in [0.3, 0.4) is 0 Å². The predicted molar refractivity (Wildman–Crippen MR) is 170 cm³/mol. The standard InChI is InChI=1S/2C12H27N.C10H13BO2/c2*1-2-3-4-5-6-7-8-9-10-11-12-13;1-2-3-4-9-5-7-10(8-6-9)11(12)13/h2*2-13H2,1H3;5-8H,2-4H2,1H3/q;;-2/p+2. The first kappa shape index (κ1) is 40.3. The molecule has 0 bridgehead atoms. The molecule has 1 rings (SSSR count). The molecule has 0 aliphatic heterocycles. The molecule has 0 spiro atoms. The van der Waals surface area contributed by atoms with E-state index in [2.05, 4.69) is 32.2 Å². The number of unbranched alkanes of at least 4 members (excludes halogenated alkanes) is 19. The predicted octanol–water partition coefficient (Wildman–Crippen LogP) is 5.74. The second-order valence-corrected chi connectivity index (χ2v) is 11.2. The van der Waals surface area contributed by atoms with Gasteiger partial charge in [-0.25, -0.2) is 0 Å². The highest BCUT2D eigenvalue weighted by Gasteiger charge is 1.93. The molecule has 4 nitrogen and oxygen atoms in total. The molecule has 0 saturated carbocycles. The molecule has 39 heavy (non-hydrogen) atoms. The van der Waals surface area contributed by atoms with Gasteiger partial charge in [0.25, 0.3) is 0 Å². The van der Waals surface area contributed by atoms with E-state index in [1.807, 2.05) is 12.1 Å². The van der Waals surface area contributed by atoms with Crippen molar-refractivity contribution in [1.82, 2.24) is 0 Å². The van der Waals surface area contributed by atoms with Gasteiger partial charge >= 0.3 is 0 Å². The topological polar surface area (TPSA) is 101 Å².